The zero-order valence-corrected chi connectivity index (χ0v) is 13.4. The van der Waals surface area contributed by atoms with Crippen LogP contribution >= 0.6 is 27.5 Å². The Hall–Kier alpha value is -1.60. The lowest BCUT2D eigenvalue weighted by atomic mass is 10.1. The van der Waals surface area contributed by atoms with Gasteiger partial charge in [0.2, 0.25) is 5.91 Å². The summed E-state index contributed by atoms with van der Waals surface area (Å²) in [7, 11) is 0. The number of anilines is 1. The van der Waals surface area contributed by atoms with E-state index >= 15 is 0 Å². The Morgan fingerprint density at radius 1 is 1.62 bits per heavy atom. The van der Waals surface area contributed by atoms with Gasteiger partial charge in [-0.1, -0.05) is 18.2 Å². The van der Waals surface area contributed by atoms with Crippen LogP contribution in [0.25, 0.3) is 5.52 Å². The van der Waals surface area contributed by atoms with Crippen LogP contribution in [-0.4, -0.2) is 38.3 Å². The number of nitrogen functional groups attached to an aromatic ring is 1. The highest BCUT2D eigenvalue weighted by Crippen LogP contribution is 2.33. The van der Waals surface area contributed by atoms with Gasteiger partial charge in [0.15, 0.2) is 5.82 Å². The molecule has 0 unspecified atom stereocenters. The van der Waals surface area contributed by atoms with Gasteiger partial charge in [0.1, 0.15) is 21.1 Å². The van der Waals surface area contributed by atoms with Gasteiger partial charge in [-0.15, -0.1) is 0 Å². The summed E-state index contributed by atoms with van der Waals surface area (Å²) >= 11 is 9.64. The van der Waals surface area contributed by atoms with Gasteiger partial charge in [-0.2, -0.15) is 0 Å². The molecule has 1 fully saturated rings. The van der Waals surface area contributed by atoms with Crippen molar-refractivity contribution in [3.63, 3.8) is 0 Å². The maximum Gasteiger partial charge on any atom is 0.245 e. The van der Waals surface area contributed by atoms with Crippen LogP contribution in [0.2, 0.25) is 5.15 Å². The Kier molecular flexibility index (Phi) is 3.62. The highest BCUT2D eigenvalue weighted by Gasteiger charge is 2.30. The van der Waals surface area contributed by atoms with Crippen LogP contribution in [0.15, 0.2) is 23.5 Å². The van der Waals surface area contributed by atoms with Crippen molar-refractivity contribution in [1.29, 1.82) is 0 Å². The number of fused-ring (bicyclic) bond motifs is 1. The van der Waals surface area contributed by atoms with Gasteiger partial charge in [-0.25, -0.2) is 9.97 Å². The van der Waals surface area contributed by atoms with E-state index in [1.807, 2.05) is 0 Å². The van der Waals surface area contributed by atoms with Crippen molar-refractivity contribution >= 4 is 44.8 Å². The van der Waals surface area contributed by atoms with Gasteiger partial charge < -0.3 is 10.6 Å². The molecule has 3 rings (SSSR count). The van der Waals surface area contributed by atoms with Crippen molar-refractivity contribution < 1.29 is 4.79 Å². The van der Waals surface area contributed by atoms with Crippen molar-refractivity contribution in [3.8, 4) is 0 Å². The number of halogens is 2. The smallest absolute Gasteiger partial charge is 0.245 e. The van der Waals surface area contributed by atoms with E-state index in [1.54, 1.807) is 9.30 Å². The Labute approximate surface area is 134 Å². The minimum absolute atomic E-state index is 0.0651. The van der Waals surface area contributed by atoms with Crippen LogP contribution < -0.4 is 5.73 Å². The second kappa shape index (κ2) is 5.31. The molecule has 1 aliphatic heterocycles. The van der Waals surface area contributed by atoms with Crippen LogP contribution in [0.1, 0.15) is 18.2 Å². The predicted octanol–water partition coefficient (Wildman–Crippen LogP) is 2.23. The molecule has 1 amide bonds. The number of amides is 1. The summed E-state index contributed by atoms with van der Waals surface area (Å²) < 4.78 is 2.40. The van der Waals surface area contributed by atoms with Crippen molar-refractivity contribution in [2.24, 2.45) is 0 Å². The molecule has 110 valence electrons. The summed E-state index contributed by atoms with van der Waals surface area (Å²) in [4.78, 5) is 22.0. The summed E-state index contributed by atoms with van der Waals surface area (Å²) in [5.41, 5.74) is 6.55. The lowest BCUT2D eigenvalue weighted by molar-refractivity contribution is -0.125. The summed E-state index contributed by atoms with van der Waals surface area (Å²) in [6, 6.07) is 0. The quantitative estimate of drug-likeness (QED) is 0.823. The third-order valence-corrected chi connectivity index (χ3v) is 4.49. The van der Waals surface area contributed by atoms with Gasteiger partial charge in [0.05, 0.1) is 6.20 Å². The summed E-state index contributed by atoms with van der Waals surface area (Å²) in [5, 5.41) is 0.445. The first-order chi connectivity index (χ1) is 10.0. The molecule has 1 aliphatic rings. The van der Waals surface area contributed by atoms with E-state index in [4.69, 9.17) is 17.3 Å². The maximum atomic E-state index is 11.7. The number of imidazole rings is 1. The Morgan fingerprint density at radius 3 is 3.10 bits per heavy atom. The second-order valence-corrected chi connectivity index (χ2v) is 6.02. The molecule has 0 spiro atoms. The van der Waals surface area contributed by atoms with E-state index in [-0.39, 0.29) is 11.8 Å². The van der Waals surface area contributed by atoms with Crippen molar-refractivity contribution in [2.45, 2.75) is 12.3 Å². The van der Waals surface area contributed by atoms with Gasteiger partial charge in [0, 0.05) is 19.0 Å². The molecular weight excluding hydrogens is 358 g/mol. The minimum Gasteiger partial charge on any atom is -0.382 e. The van der Waals surface area contributed by atoms with Crippen LogP contribution in [0.5, 0.6) is 0 Å². The van der Waals surface area contributed by atoms with Gasteiger partial charge in [-0.05, 0) is 28.4 Å². The summed E-state index contributed by atoms with van der Waals surface area (Å²) in [6.07, 6.45) is 3.66. The minimum atomic E-state index is -0.0651. The van der Waals surface area contributed by atoms with Crippen LogP contribution in [0, 0.1) is 0 Å². The van der Waals surface area contributed by atoms with Gasteiger partial charge >= 0.3 is 0 Å². The number of nitrogens with two attached hydrogens (primary N) is 1. The average Bonchev–Trinajstić information content (AvgIpc) is 3.07. The largest absolute Gasteiger partial charge is 0.382 e. The number of hydrogen-bond donors (Lipinski definition) is 1. The first-order valence-electron chi connectivity index (χ1n) is 6.42. The Morgan fingerprint density at radius 2 is 2.38 bits per heavy atom. The Bertz CT molecular complexity index is 744. The number of carbonyl (C=O) groups excluding carboxylic acids is 1. The maximum absolute atomic E-state index is 11.7. The van der Waals surface area contributed by atoms with Gasteiger partial charge in [0.25, 0.3) is 0 Å². The molecule has 2 N–H and O–H groups in total. The molecule has 2 aromatic rings. The molecule has 2 aromatic heterocycles. The van der Waals surface area contributed by atoms with Crippen molar-refractivity contribution in [2.75, 3.05) is 18.8 Å². The number of carbonyl (C=O) groups is 1. The van der Waals surface area contributed by atoms with Crippen molar-refractivity contribution in [3.05, 3.63) is 34.4 Å². The highest BCUT2D eigenvalue weighted by atomic mass is 79.9. The van der Waals surface area contributed by atoms with Gasteiger partial charge in [-0.3, -0.25) is 9.20 Å². The van der Waals surface area contributed by atoms with E-state index in [0.717, 1.165) is 12.2 Å². The lowest BCUT2D eigenvalue weighted by Crippen LogP contribution is -2.26. The van der Waals surface area contributed by atoms with E-state index in [9.17, 15) is 4.79 Å². The normalized spacial score (nSPS) is 18.4. The zero-order chi connectivity index (χ0) is 15.1. The molecule has 1 saturated heterocycles. The first kappa shape index (κ1) is 14.3. The SMILES string of the molecule is C=CC(=O)N1CC[C@H](c2nc(Br)c3c(N)ncc(Cl)n23)C1. The molecule has 8 heteroatoms. The van der Waals surface area contributed by atoms with Crippen LogP contribution in [0.4, 0.5) is 5.82 Å². The molecule has 1 atom stereocenters. The fourth-order valence-electron chi connectivity index (χ4n) is 2.66. The molecular formula is C13H13BrClN5O. The Balaban J connectivity index is 2.05. The van der Waals surface area contributed by atoms with E-state index in [2.05, 4.69) is 32.5 Å². The second-order valence-electron chi connectivity index (χ2n) is 4.88. The van der Waals surface area contributed by atoms with E-state index < -0.39 is 0 Å². The summed E-state index contributed by atoms with van der Waals surface area (Å²) in [6.45, 7) is 4.79. The monoisotopic (exact) mass is 369 g/mol. The third-order valence-electron chi connectivity index (χ3n) is 3.67. The number of hydrogen-bond acceptors (Lipinski definition) is 4. The molecule has 3 heterocycles. The lowest BCUT2D eigenvalue weighted by Gasteiger charge is -2.14. The number of likely N-dealkylation sites (tertiary alicyclic amines) is 1. The number of nitrogens with zero attached hydrogens (tertiary/aromatic N) is 4. The average molecular weight is 371 g/mol. The van der Waals surface area contributed by atoms with Crippen LogP contribution in [0.3, 0.4) is 0 Å². The standard InChI is InChI=1S/C13H13BrClN5O/c1-2-9(21)19-4-3-7(6-19)13-18-11(14)10-12(16)17-5-8(15)20(10)13/h2,5,7H,1,3-4,6H2,(H2,16,17)/t7-/m0/s1. The fourth-order valence-corrected chi connectivity index (χ4v) is 3.44. The van der Waals surface area contributed by atoms with E-state index in [0.29, 0.717) is 34.2 Å². The van der Waals surface area contributed by atoms with Crippen molar-refractivity contribution in [1.82, 2.24) is 19.3 Å². The molecule has 0 bridgehead atoms. The van der Waals surface area contributed by atoms with Crippen LogP contribution in [-0.2, 0) is 4.79 Å². The molecule has 0 radical (unpaired) electrons. The third kappa shape index (κ3) is 2.30. The molecule has 0 aliphatic carbocycles. The highest BCUT2D eigenvalue weighted by molar-refractivity contribution is 9.10. The van der Waals surface area contributed by atoms with E-state index in [1.165, 1.54) is 12.3 Å². The molecule has 0 saturated carbocycles. The molecule has 6 nitrogen and oxygen atoms in total. The summed E-state index contributed by atoms with van der Waals surface area (Å²) in [5.74, 6) is 1.19. The zero-order valence-electron chi connectivity index (χ0n) is 11.1. The first-order valence-corrected chi connectivity index (χ1v) is 7.59. The predicted molar refractivity (Wildman–Crippen MR) is 84.2 cm³/mol. The number of aromatic nitrogens is 3. The fraction of sp³-hybridized carbons (Fsp3) is 0.308. The molecule has 21 heavy (non-hydrogen) atoms. The topological polar surface area (TPSA) is 76.5 Å². The molecule has 0 aromatic carbocycles. The number of rotatable bonds is 2.